The number of nitriles is 1. The number of nitrogens with two attached hydrogens (primary N) is 1. The molecule has 3 N–H and O–H groups in total. The molecule has 0 aliphatic carbocycles. The molecule has 0 spiro atoms. The number of hydrogen-bond donors (Lipinski definition) is 2. The molecular weight excluding hydrogens is 314 g/mol. The first-order valence-electron chi connectivity index (χ1n) is 5.12. The summed E-state index contributed by atoms with van der Waals surface area (Å²) in [6.45, 7) is 0. The Kier molecular flexibility index (Phi) is 3.75. The van der Waals surface area contributed by atoms with Gasteiger partial charge < -0.3 is 11.1 Å². The molecule has 18 heavy (non-hydrogen) atoms. The Morgan fingerprint density at radius 1 is 1.28 bits per heavy atom. The van der Waals surface area contributed by atoms with Crippen LogP contribution in [0.5, 0.6) is 0 Å². The quantitative estimate of drug-likeness (QED) is 0.810. The highest BCUT2D eigenvalue weighted by Crippen LogP contribution is 2.30. The van der Waals surface area contributed by atoms with E-state index in [4.69, 9.17) is 22.6 Å². The molecule has 0 unspecified atom stereocenters. The molecule has 0 saturated carbocycles. The highest BCUT2D eigenvalue weighted by atomic mass is 79.9. The fraction of sp³-hybridized carbons (Fsp3) is 0. The fourth-order valence-electron chi connectivity index (χ4n) is 1.50. The topological polar surface area (TPSA) is 61.8 Å². The standard InChI is InChI=1S/C13H9BrClN3/c14-10-5-4-9(6-11(10)15)18-12-3-1-2-8(7-16)13(12)17/h1-6,18H,17H2. The highest BCUT2D eigenvalue weighted by Gasteiger charge is 2.05. The maximum absolute atomic E-state index is 8.90. The second-order valence-electron chi connectivity index (χ2n) is 3.63. The van der Waals surface area contributed by atoms with Crippen LogP contribution in [0.3, 0.4) is 0 Å². The third-order valence-electron chi connectivity index (χ3n) is 2.43. The van der Waals surface area contributed by atoms with Gasteiger partial charge in [-0.05, 0) is 46.3 Å². The van der Waals surface area contributed by atoms with Crippen LogP contribution in [0.2, 0.25) is 5.02 Å². The van der Waals surface area contributed by atoms with Gasteiger partial charge >= 0.3 is 0 Å². The van der Waals surface area contributed by atoms with Crippen LogP contribution in [0, 0.1) is 11.3 Å². The molecule has 2 rings (SSSR count). The van der Waals surface area contributed by atoms with E-state index >= 15 is 0 Å². The van der Waals surface area contributed by atoms with E-state index in [1.54, 1.807) is 18.2 Å². The first kappa shape index (κ1) is 12.7. The van der Waals surface area contributed by atoms with Crippen molar-refractivity contribution in [2.45, 2.75) is 0 Å². The van der Waals surface area contributed by atoms with Crippen LogP contribution < -0.4 is 11.1 Å². The first-order valence-corrected chi connectivity index (χ1v) is 6.29. The number of nitrogens with one attached hydrogen (secondary N) is 1. The number of rotatable bonds is 2. The summed E-state index contributed by atoms with van der Waals surface area (Å²) < 4.78 is 0.827. The van der Waals surface area contributed by atoms with Crippen molar-refractivity contribution in [1.29, 1.82) is 5.26 Å². The molecule has 0 saturated heterocycles. The second kappa shape index (κ2) is 5.30. The monoisotopic (exact) mass is 321 g/mol. The lowest BCUT2D eigenvalue weighted by atomic mass is 10.1. The number of para-hydroxylation sites is 1. The zero-order chi connectivity index (χ0) is 13.1. The maximum Gasteiger partial charge on any atom is 0.101 e. The minimum atomic E-state index is 0.430. The molecule has 3 nitrogen and oxygen atoms in total. The molecular formula is C13H9BrClN3. The zero-order valence-electron chi connectivity index (χ0n) is 9.24. The molecule has 0 fully saturated rings. The zero-order valence-corrected chi connectivity index (χ0v) is 11.6. The van der Waals surface area contributed by atoms with Gasteiger partial charge in [-0.25, -0.2) is 0 Å². The van der Waals surface area contributed by atoms with E-state index in [0.29, 0.717) is 22.0 Å². The first-order chi connectivity index (χ1) is 8.61. The van der Waals surface area contributed by atoms with Crippen molar-refractivity contribution in [3.8, 4) is 6.07 Å². The Labute approximate surface area is 118 Å². The van der Waals surface area contributed by atoms with E-state index < -0.39 is 0 Å². The third-order valence-corrected chi connectivity index (χ3v) is 3.66. The highest BCUT2D eigenvalue weighted by molar-refractivity contribution is 9.10. The van der Waals surface area contributed by atoms with E-state index in [2.05, 4.69) is 21.2 Å². The van der Waals surface area contributed by atoms with Crippen LogP contribution in [0.4, 0.5) is 17.1 Å². The number of benzene rings is 2. The molecule has 0 aliphatic heterocycles. The van der Waals surface area contributed by atoms with E-state index in [0.717, 1.165) is 10.2 Å². The Morgan fingerprint density at radius 3 is 2.72 bits per heavy atom. The van der Waals surface area contributed by atoms with Gasteiger partial charge in [-0.3, -0.25) is 0 Å². The average molecular weight is 323 g/mol. The summed E-state index contributed by atoms with van der Waals surface area (Å²) >= 11 is 9.33. The second-order valence-corrected chi connectivity index (χ2v) is 4.89. The van der Waals surface area contributed by atoms with Gasteiger partial charge in [0.15, 0.2) is 0 Å². The minimum Gasteiger partial charge on any atom is -0.396 e. The van der Waals surface area contributed by atoms with Crippen LogP contribution >= 0.6 is 27.5 Å². The fourth-order valence-corrected chi connectivity index (χ4v) is 1.93. The number of anilines is 3. The molecule has 2 aromatic carbocycles. The van der Waals surface area contributed by atoms with Crippen molar-refractivity contribution in [2.75, 3.05) is 11.1 Å². The van der Waals surface area contributed by atoms with Crippen molar-refractivity contribution in [3.05, 3.63) is 51.5 Å². The smallest absolute Gasteiger partial charge is 0.101 e. The van der Waals surface area contributed by atoms with Gasteiger partial charge in [-0.2, -0.15) is 5.26 Å². The maximum atomic E-state index is 8.90. The average Bonchev–Trinajstić information content (AvgIpc) is 2.36. The van der Waals surface area contributed by atoms with Crippen molar-refractivity contribution in [1.82, 2.24) is 0 Å². The van der Waals surface area contributed by atoms with Gasteiger partial charge in [0, 0.05) is 10.2 Å². The Morgan fingerprint density at radius 2 is 2.06 bits per heavy atom. The Hall–Kier alpha value is -1.70. The summed E-state index contributed by atoms with van der Waals surface area (Å²) in [7, 11) is 0. The van der Waals surface area contributed by atoms with Gasteiger partial charge in [0.05, 0.1) is 22.0 Å². The summed E-state index contributed by atoms with van der Waals surface area (Å²) in [5.74, 6) is 0. The van der Waals surface area contributed by atoms with Crippen molar-refractivity contribution in [2.24, 2.45) is 0 Å². The normalized spacial score (nSPS) is 9.83. The molecule has 5 heteroatoms. The predicted molar refractivity (Wildman–Crippen MR) is 78.0 cm³/mol. The number of hydrogen-bond acceptors (Lipinski definition) is 3. The molecule has 2 aromatic rings. The minimum absolute atomic E-state index is 0.430. The van der Waals surface area contributed by atoms with Gasteiger partial charge in [0.25, 0.3) is 0 Å². The lowest BCUT2D eigenvalue weighted by Crippen LogP contribution is -1.98. The summed E-state index contributed by atoms with van der Waals surface area (Å²) in [4.78, 5) is 0. The van der Waals surface area contributed by atoms with E-state index in [1.807, 2.05) is 24.3 Å². The summed E-state index contributed by atoms with van der Waals surface area (Å²) in [5, 5.41) is 12.6. The number of nitrogens with zero attached hydrogens (tertiary/aromatic N) is 1. The van der Waals surface area contributed by atoms with Crippen molar-refractivity contribution >= 4 is 44.6 Å². The molecule has 0 atom stereocenters. The van der Waals surface area contributed by atoms with E-state index in [1.165, 1.54) is 0 Å². The lowest BCUT2D eigenvalue weighted by Gasteiger charge is -2.10. The molecule has 0 aliphatic rings. The van der Waals surface area contributed by atoms with Gasteiger partial charge in [-0.1, -0.05) is 17.7 Å². The summed E-state index contributed by atoms with van der Waals surface area (Å²) in [5.41, 5.74) is 8.26. The van der Waals surface area contributed by atoms with Crippen LogP contribution in [0.15, 0.2) is 40.9 Å². The van der Waals surface area contributed by atoms with E-state index in [-0.39, 0.29) is 0 Å². The third kappa shape index (κ3) is 2.58. The number of halogens is 2. The Balaban J connectivity index is 2.35. The van der Waals surface area contributed by atoms with Gasteiger partial charge in [0.1, 0.15) is 6.07 Å². The van der Waals surface area contributed by atoms with Gasteiger partial charge in [-0.15, -0.1) is 0 Å². The SMILES string of the molecule is N#Cc1cccc(Nc2ccc(Br)c(Cl)c2)c1N. The van der Waals surface area contributed by atoms with Crippen LogP contribution in [-0.4, -0.2) is 0 Å². The summed E-state index contributed by atoms with van der Waals surface area (Å²) in [6, 6.07) is 12.8. The largest absolute Gasteiger partial charge is 0.396 e. The predicted octanol–water partition coefficient (Wildman–Crippen LogP) is 4.30. The molecule has 0 aromatic heterocycles. The summed E-state index contributed by atoms with van der Waals surface area (Å²) in [6.07, 6.45) is 0. The van der Waals surface area contributed by atoms with Gasteiger partial charge in [0.2, 0.25) is 0 Å². The molecule has 0 radical (unpaired) electrons. The van der Waals surface area contributed by atoms with Crippen molar-refractivity contribution < 1.29 is 0 Å². The van der Waals surface area contributed by atoms with Crippen molar-refractivity contribution in [3.63, 3.8) is 0 Å². The molecule has 0 bridgehead atoms. The van der Waals surface area contributed by atoms with Crippen LogP contribution in [0.25, 0.3) is 0 Å². The molecule has 90 valence electrons. The van der Waals surface area contributed by atoms with Crippen LogP contribution in [0.1, 0.15) is 5.56 Å². The molecule has 0 heterocycles. The van der Waals surface area contributed by atoms with E-state index in [9.17, 15) is 0 Å². The Bertz CT molecular complexity index is 635. The van der Waals surface area contributed by atoms with Crippen LogP contribution in [-0.2, 0) is 0 Å². The molecule has 0 amide bonds. The number of nitrogen functional groups attached to an aromatic ring is 1. The lowest BCUT2D eigenvalue weighted by molar-refractivity contribution is 1.47.